The summed E-state index contributed by atoms with van der Waals surface area (Å²) in [6.45, 7) is 1.37. The van der Waals surface area contributed by atoms with Gasteiger partial charge in [0, 0.05) is 18.3 Å². The minimum absolute atomic E-state index is 0.0203. The monoisotopic (exact) mass is 371 g/mol. The second-order valence-electron chi connectivity index (χ2n) is 4.56. The molecule has 2 rings (SSSR count). The van der Waals surface area contributed by atoms with E-state index in [0.717, 1.165) is 6.07 Å². The van der Waals surface area contributed by atoms with Crippen LogP contribution >= 0.6 is 23.2 Å². The Morgan fingerprint density at radius 2 is 2.08 bits per heavy atom. The first kappa shape index (κ1) is 17.8. The zero-order valence-electron chi connectivity index (χ0n) is 12.2. The summed E-state index contributed by atoms with van der Waals surface area (Å²) >= 11 is 11.8. The highest BCUT2D eigenvalue weighted by atomic mass is 35.5. The first-order chi connectivity index (χ1) is 11.3. The van der Waals surface area contributed by atoms with Gasteiger partial charge in [-0.05, 0) is 19.1 Å². The molecule has 0 saturated carbocycles. The number of halogens is 2. The number of ether oxygens (including phenoxy) is 2. The third kappa shape index (κ3) is 4.03. The zero-order chi connectivity index (χ0) is 17.9. The van der Waals surface area contributed by atoms with Crippen LogP contribution in [0.5, 0.6) is 17.4 Å². The van der Waals surface area contributed by atoms with Gasteiger partial charge in [-0.15, -0.1) is 0 Å². The van der Waals surface area contributed by atoms with E-state index in [9.17, 15) is 14.9 Å². The largest absolute Gasteiger partial charge is 0.474 e. The minimum Gasteiger partial charge on any atom is -0.474 e. The van der Waals surface area contributed by atoms with Crippen LogP contribution < -0.4 is 15.2 Å². The van der Waals surface area contributed by atoms with Crippen LogP contribution in [0.25, 0.3) is 0 Å². The average Bonchev–Trinajstić information content (AvgIpc) is 2.51. The van der Waals surface area contributed by atoms with Crippen molar-refractivity contribution in [3.63, 3.8) is 0 Å². The smallest absolute Gasteiger partial charge is 0.311 e. The maximum Gasteiger partial charge on any atom is 0.311 e. The first-order valence-electron chi connectivity index (χ1n) is 6.52. The predicted molar refractivity (Wildman–Crippen MR) is 86.7 cm³/mol. The molecule has 0 radical (unpaired) electrons. The van der Waals surface area contributed by atoms with Crippen LogP contribution in [0, 0.1) is 10.1 Å². The molecule has 0 spiro atoms. The fraction of sp³-hybridized carbons (Fsp3) is 0.143. The lowest BCUT2D eigenvalue weighted by molar-refractivity contribution is -0.386. The van der Waals surface area contributed by atoms with Crippen molar-refractivity contribution in [3.8, 4) is 17.4 Å². The summed E-state index contributed by atoms with van der Waals surface area (Å²) in [4.78, 5) is 25.4. The van der Waals surface area contributed by atoms with Crippen molar-refractivity contribution < 1.29 is 19.2 Å². The lowest BCUT2D eigenvalue weighted by atomic mass is 10.2. The number of primary amides is 1. The van der Waals surface area contributed by atoms with E-state index >= 15 is 0 Å². The number of nitro groups is 1. The second kappa shape index (κ2) is 7.33. The Morgan fingerprint density at radius 3 is 2.71 bits per heavy atom. The van der Waals surface area contributed by atoms with Crippen LogP contribution in [-0.4, -0.2) is 21.9 Å². The first-order valence-corrected chi connectivity index (χ1v) is 7.27. The van der Waals surface area contributed by atoms with E-state index in [1.807, 2.05) is 0 Å². The molecule has 0 aliphatic heterocycles. The standard InChI is InChI=1S/C14H11Cl2N3O5/c1-7(13(17)20)23-11-6-8(2-3-10(11)19(21)22)24-14-12(16)9(15)4-5-18-14/h2-7H,1H3,(H2,17,20). The number of carbonyl (C=O) groups is 1. The van der Waals surface area contributed by atoms with Crippen LogP contribution in [0.3, 0.4) is 0 Å². The summed E-state index contributed by atoms with van der Waals surface area (Å²) in [5.74, 6) is -0.770. The van der Waals surface area contributed by atoms with Gasteiger partial charge in [0.1, 0.15) is 10.8 Å². The summed E-state index contributed by atoms with van der Waals surface area (Å²) in [6, 6.07) is 5.21. The van der Waals surface area contributed by atoms with E-state index in [1.165, 1.54) is 31.3 Å². The molecule has 126 valence electrons. The van der Waals surface area contributed by atoms with Gasteiger partial charge in [-0.2, -0.15) is 0 Å². The molecule has 1 atom stereocenters. The second-order valence-corrected chi connectivity index (χ2v) is 5.35. The number of carbonyl (C=O) groups excluding carboxylic acids is 1. The zero-order valence-corrected chi connectivity index (χ0v) is 13.7. The summed E-state index contributed by atoms with van der Waals surface area (Å²) in [6.07, 6.45) is 0.327. The molecule has 2 aromatic rings. The van der Waals surface area contributed by atoms with Gasteiger partial charge in [-0.25, -0.2) is 4.98 Å². The van der Waals surface area contributed by atoms with Crippen LogP contribution in [0.15, 0.2) is 30.5 Å². The van der Waals surface area contributed by atoms with Crippen molar-refractivity contribution in [1.82, 2.24) is 4.98 Å². The van der Waals surface area contributed by atoms with Crippen molar-refractivity contribution in [1.29, 1.82) is 0 Å². The van der Waals surface area contributed by atoms with Crippen molar-refractivity contribution >= 4 is 34.8 Å². The molecule has 1 aromatic heterocycles. The van der Waals surface area contributed by atoms with Crippen molar-refractivity contribution in [3.05, 3.63) is 50.6 Å². The molecule has 24 heavy (non-hydrogen) atoms. The third-order valence-corrected chi connectivity index (χ3v) is 3.63. The number of rotatable bonds is 6. The van der Waals surface area contributed by atoms with Crippen LogP contribution in [0.4, 0.5) is 5.69 Å². The maximum absolute atomic E-state index is 11.1. The third-order valence-electron chi connectivity index (χ3n) is 2.86. The number of nitro benzene ring substituents is 1. The molecule has 10 heteroatoms. The summed E-state index contributed by atoms with van der Waals surface area (Å²) in [5, 5.41) is 11.4. The predicted octanol–water partition coefficient (Wildman–Crippen LogP) is 3.34. The number of hydrogen-bond acceptors (Lipinski definition) is 6. The lowest BCUT2D eigenvalue weighted by Crippen LogP contribution is -2.30. The Hall–Kier alpha value is -2.58. The highest BCUT2D eigenvalue weighted by Gasteiger charge is 2.21. The Balaban J connectivity index is 2.36. The van der Waals surface area contributed by atoms with Crippen LogP contribution in [0.1, 0.15) is 6.92 Å². The number of pyridine rings is 1. The van der Waals surface area contributed by atoms with E-state index in [0.29, 0.717) is 0 Å². The van der Waals surface area contributed by atoms with E-state index in [2.05, 4.69) is 4.98 Å². The Labute approximate surface area is 146 Å². The molecule has 8 nitrogen and oxygen atoms in total. The van der Waals surface area contributed by atoms with Crippen molar-refractivity contribution in [2.45, 2.75) is 13.0 Å². The summed E-state index contributed by atoms with van der Waals surface area (Å²) in [5.41, 5.74) is 4.75. The van der Waals surface area contributed by atoms with Gasteiger partial charge in [0.25, 0.3) is 5.91 Å². The molecule has 0 aliphatic rings. The minimum atomic E-state index is -1.06. The van der Waals surface area contributed by atoms with E-state index in [4.69, 9.17) is 38.4 Å². The average molecular weight is 372 g/mol. The number of hydrogen-bond donors (Lipinski definition) is 1. The van der Waals surface area contributed by atoms with E-state index in [1.54, 1.807) is 0 Å². The number of nitrogens with two attached hydrogens (primary N) is 1. The summed E-state index contributed by atoms with van der Waals surface area (Å²) in [7, 11) is 0. The Morgan fingerprint density at radius 1 is 1.38 bits per heavy atom. The maximum atomic E-state index is 11.1. The summed E-state index contributed by atoms with van der Waals surface area (Å²) < 4.78 is 10.7. The van der Waals surface area contributed by atoms with E-state index < -0.39 is 16.9 Å². The number of nitrogens with zero attached hydrogens (tertiary/aromatic N) is 2. The SMILES string of the molecule is CC(Oc1cc(Oc2nccc(Cl)c2Cl)ccc1[N+](=O)[O-])C(N)=O. The normalized spacial score (nSPS) is 11.6. The molecule has 1 unspecified atom stereocenters. The van der Waals surface area contributed by atoms with Gasteiger partial charge in [0.2, 0.25) is 11.6 Å². The van der Waals surface area contributed by atoms with E-state index in [-0.39, 0.29) is 33.1 Å². The van der Waals surface area contributed by atoms with Gasteiger partial charge in [0.05, 0.1) is 9.95 Å². The fourth-order valence-corrected chi connectivity index (χ4v) is 1.92. The van der Waals surface area contributed by atoms with Crippen molar-refractivity contribution in [2.24, 2.45) is 5.73 Å². The molecule has 0 fully saturated rings. The number of benzene rings is 1. The fourth-order valence-electron chi connectivity index (χ4n) is 1.64. The topological polar surface area (TPSA) is 118 Å². The molecule has 0 saturated heterocycles. The quantitative estimate of drug-likeness (QED) is 0.614. The molecule has 1 amide bonds. The molecular formula is C14H11Cl2N3O5. The Bertz CT molecular complexity index is 800. The van der Waals surface area contributed by atoms with Gasteiger partial charge < -0.3 is 15.2 Å². The molecule has 1 heterocycles. The number of amides is 1. The highest BCUT2D eigenvalue weighted by Crippen LogP contribution is 2.36. The van der Waals surface area contributed by atoms with Gasteiger partial charge in [-0.1, -0.05) is 23.2 Å². The molecule has 0 aliphatic carbocycles. The van der Waals surface area contributed by atoms with Gasteiger partial charge in [-0.3, -0.25) is 14.9 Å². The number of aromatic nitrogens is 1. The lowest BCUT2D eigenvalue weighted by Gasteiger charge is -2.13. The molecular weight excluding hydrogens is 361 g/mol. The Kier molecular flexibility index (Phi) is 5.42. The van der Waals surface area contributed by atoms with Crippen LogP contribution in [0.2, 0.25) is 10.0 Å². The van der Waals surface area contributed by atoms with Crippen LogP contribution in [-0.2, 0) is 4.79 Å². The van der Waals surface area contributed by atoms with Gasteiger partial charge in [0.15, 0.2) is 6.10 Å². The van der Waals surface area contributed by atoms with Crippen molar-refractivity contribution in [2.75, 3.05) is 0 Å². The molecule has 2 N–H and O–H groups in total. The molecule has 0 bridgehead atoms. The molecule has 1 aromatic carbocycles. The highest BCUT2D eigenvalue weighted by molar-refractivity contribution is 6.42. The van der Waals surface area contributed by atoms with Gasteiger partial charge >= 0.3 is 5.69 Å².